The highest BCUT2D eigenvalue weighted by atomic mass is 32.2. The van der Waals surface area contributed by atoms with Gasteiger partial charge in [0, 0.05) is 24.8 Å². The Labute approximate surface area is 121 Å². The van der Waals surface area contributed by atoms with Crippen LogP contribution in [0.25, 0.3) is 0 Å². The molecule has 0 saturated carbocycles. The van der Waals surface area contributed by atoms with E-state index in [4.69, 9.17) is 10.5 Å². The SMILES string of the molecule is COc1cc(N)ccc1S(=O)CC(=O)N1CCCCC1. The fourth-order valence-electron chi connectivity index (χ4n) is 2.30. The third-order valence-electron chi connectivity index (χ3n) is 3.40. The lowest BCUT2D eigenvalue weighted by Gasteiger charge is -2.26. The first-order chi connectivity index (χ1) is 9.61. The summed E-state index contributed by atoms with van der Waals surface area (Å²) in [5.74, 6) is 0.414. The molecule has 1 amide bonds. The van der Waals surface area contributed by atoms with Crippen molar-refractivity contribution in [3.05, 3.63) is 18.2 Å². The zero-order chi connectivity index (χ0) is 14.5. The van der Waals surface area contributed by atoms with Gasteiger partial charge in [-0.15, -0.1) is 0 Å². The Balaban J connectivity index is 2.06. The normalized spacial score (nSPS) is 16.8. The topological polar surface area (TPSA) is 72.6 Å². The first-order valence-electron chi connectivity index (χ1n) is 6.71. The molecule has 1 aliphatic heterocycles. The van der Waals surface area contributed by atoms with Crippen LogP contribution in [0, 0.1) is 0 Å². The Morgan fingerprint density at radius 2 is 2.05 bits per heavy atom. The summed E-state index contributed by atoms with van der Waals surface area (Å²) in [6.07, 6.45) is 3.23. The maximum absolute atomic E-state index is 12.3. The minimum atomic E-state index is -1.41. The third kappa shape index (κ3) is 3.50. The van der Waals surface area contributed by atoms with Gasteiger partial charge < -0.3 is 15.4 Å². The molecule has 0 radical (unpaired) electrons. The van der Waals surface area contributed by atoms with Crippen LogP contribution in [0.1, 0.15) is 19.3 Å². The molecule has 2 rings (SSSR count). The van der Waals surface area contributed by atoms with Crippen molar-refractivity contribution in [2.45, 2.75) is 24.2 Å². The molecule has 1 fully saturated rings. The number of nitrogens with zero attached hydrogens (tertiary/aromatic N) is 1. The molecular weight excluding hydrogens is 276 g/mol. The average Bonchev–Trinajstić information content (AvgIpc) is 2.47. The highest BCUT2D eigenvalue weighted by Crippen LogP contribution is 2.25. The number of nitrogen functional groups attached to an aromatic ring is 1. The maximum Gasteiger partial charge on any atom is 0.235 e. The monoisotopic (exact) mass is 296 g/mol. The van der Waals surface area contributed by atoms with Gasteiger partial charge in [-0.2, -0.15) is 0 Å². The molecule has 1 heterocycles. The quantitative estimate of drug-likeness (QED) is 0.852. The van der Waals surface area contributed by atoms with Crippen LogP contribution in [0.2, 0.25) is 0 Å². The van der Waals surface area contributed by atoms with E-state index in [0.29, 0.717) is 16.3 Å². The van der Waals surface area contributed by atoms with Crippen molar-refractivity contribution in [3.8, 4) is 5.75 Å². The van der Waals surface area contributed by atoms with Gasteiger partial charge in [0.05, 0.1) is 22.8 Å². The third-order valence-corrected chi connectivity index (χ3v) is 4.73. The molecular formula is C14H20N2O3S. The predicted octanol–water partition coefficient (Wildman–Crippen LogP) is 1.40. The van der Waals surface area contributed by atoms with E-state index in [-0.39, 0.29) is 11.7 Å². The molecule has 0 aromatic heterocycles. The van der Waals surface area contributed by atoms with Crippen LogP contribution < -0.4 is 10.5 Å². The predicted molar refractivity (Wildman–Crippen MR) is 79.1 cm³/mol. The van der Waals surface area contributed by atoms with Gasteiger partial charge in [-0.05, 0) is 31.4 Å². The highest BCUT2D eigenvalue weighted by Gasteiger charge is 2.21. The number of piperidine rings is 1. The summed E-state index contributed by atoms with van der Waals surface area (Å²) in [5.41, 5.74) is 6.21. The van der Waals surface area contributed by atoms with Gasteiger partial charge in [-0.1, -0.05) is 0 Å². The number of likely N-dealkylation sites (tertiary alicyclic amines) is 1. The average molecular weight is 296 g/mol. The molecule has 1 saturated heterocycles. The number of hydrogen-bond acceptors (Lipinski definition) is 4. The van der Waals surface area contributed by atoms with Crippen molar-refractivity contribution in [1.82, 2.24) is 4.90 Å². The minimum absolute atomic E-state index is 0.000276. The zero-order valence-corrected chi connectivity index (χ0v) is 12.4. The summed E-state index contributed by atoms with van der Waals surface area (Å²) < 4.78 is 17.5. The maximum atomic E-state index is 12.3. The molecule has 1 aromatic rings. The van der Waals surface area contributed by atoms with E-state index in [1.54, 1.807) is 23.1 Å². The molecule has 1 aliphatic rings. The van der Waals surface area contributed by atoms with Gasteiger partial charge in [0.1, 0.15) is 11.5 Å². The van der Waals surface area contributed by atoms with E-state index >= 15 is 0 Å². The molecule has 20 heavy (non-hydrogen) atoms. The Hall–Kier alpha value is -1.56. The molecule has 1 aromatic carbocycles. The summed E-state index contributed by atoms with van der Waals surface area (Å²) in [6, 6.07) is 4.95. The second-order valence-electron chi connectivity index (χ2n) is 4.84. The van der Waals surface area contributed by atoms with E-state index in [2.05, 4.69) is 0 Å². The van der Waals surface area contributed by atoms with Crippen molar-refractivity contribution >= 4 is 22.4 Å². The van der Waals surface area contributed by atoms with Crippen LogP contribution in [0.5, 0.6) is 5.75 Å². The summed E-state index contributed by atoms with van der Waals surface area (Å²) in [4.78, 5) is 14.4. The van der Waals surface area contributed by atoms with Gasteiger partial charge in [0.2, 0.25) is 5.91 Å². The number of ether oxygens (including phenoxy) is 1. The molecule has 6 heteroatoms. The molecule has 0 spiro atoms. The number of amides is 1. The summed E-state index contributed by atoms with van der Waals surface area (Å²) in [7, 11) is 0.0953. The fraction of sp³-hybridized carbons (Fsp3) is 0.500. The van der Waals surface area contributed by atoms with Gasteiger partial charge in [0.25, 0.3) is 0 Å². The summed E-state index contributed by atoms with van der Waals surface area (Å²) >= 11 is 0. The number of rotatable bonds is 4. The molecule has 0 bridgehead atoms. The smallest absolute Gasteiger partial charge is 0.235 e. The van der Waals surface area contributed by atoms with Crippen molar-refractivity contribution in [2.24, 2.45) is 0 Å². The number of hydrogen-bond donors (Lipinski definition) is 1. The van der Waals surface area contributed by atoms with Gasteiger partial charge in [-0.3, -0.25) is 9.00 Å². The lowest BCUT2D eigenvalue weighted by Crippen LogP contribution is -2.38. The van der Waals surface area contributed by atoms with Gasteiger partial charge in [-0.25, -0.2) is 0 Å². The van der Waals surface area contributed by atoms with Crippen molar-refractivity contribution in [1.29, 1.82) is 0 Å². The van der Waals surface area contributed by atoms with Gasteiger partial charge >= 0.3 is 0 Å². The van der Waals surface area contributed by atoms with E-state index in [0.717, 1.165) is 25.9 Å². The fourth-order valence-corrected chi connectivity index (χ4v) is 3.45. The van der Waals surface area contributed by atoms with Crippen LogP contribution in [-0.4, -0.2) is 41.0 Å². The Kier molecular flexibility index (Phi) is 5.00. The first kappa shape index (κ1) is 14.8. The standard InChI is InChI=1S/C14H20N2O3S/c1-19-12-9-11(15)5-6-13(12)20(18)10-14(17)16-7-3-2-4-8-16/h5-6,9H,2-4,7-8,10,15H2,1H3. The van der Waals surface area contributed by atoms with E-state index in [1.807, 2.05) is 0 Å². The number of carbonyl (C=O) groups is 1. The van der Waals surface area contributed by atoms with E-state index in [1.165, 1.54) is 13.5 Å². The highest BCUT2D eigenvalue weighted by molar-refractivity contribution is 7.85. The number of methoxy groups -OCH3 is 1. The van der Waals surface area contributed by atoms with Crippen molar-refractivity contribution in [3.63, 3.8) is 0 Å². The van der Waals surface area contributed by atoms with Crippen LogP contribution in [0.4, 0.5) is 5.69 Å². The number of nitrogens with two attached hydrogens (primary N) is 1. The van der Waals surface area contributed by atoms with Crippen LogP contribution in [0.15, 0.2) is 23.1 Å². The lowest BCUT2D eigenvalue weighted by molar-refractivity contribution is -0.129. The summed E-state index contributed by atoms with van der Waals surface area (Å²) in [5, 5.41) is 0. The molecule has 1 atom stereocenters. The van der Waals surface area contributed by atoms with Crippen LogP contribution in [-0.2, 0) is 15.6 Å². The van der Waals surface area contributed by atoms with Crippen molar-refractivity contribution in [2.75, 3.05) is 31.7 Å². The second kappa shape index (κ2) is 6.74. The lowest BCUT2D eigenvalue weighted by atomic mass is 10.1. The molecule has 2 N–H and O–H groups in total. The molecule has 110 valence electrons. The number of carbonyl (C=O) groups excluding carboxylic acids is 1. The van der Waals surface area contributed by atoms with Gasteiger partial charge in [0.15, 0.2) is 0 Å². The zero-order valence-electron chi connectivity index (χ0n) is 11.6. The van der Waals surface area contributed by atoms with Crippen LogP contribution in [0.3, 0.4) is 0 Å². The van der Waals surface area contributed by atoms with Crippen LogP contribution >= 0.6 is 0 Å². The molecule has 5 nitrogen and oxygen atoms in total. The Morgan fingerprint density at radius 3 is 2.70 bits per heavy atom. The summed E-state index contributed by atoms with van der Waals surface area (Å²) in [6.45, 7) is 1.55. The van der Waals surface area contributed by atoms with E-state index < -0.39 is 10.8 Å². The first-order valence-corrected chi connectivity index (χ1v) is 8.03. The number of benzene rings is 1. The number of anilines is 1. The van der Waals surface area contributed by atoms with E-state index in [9.17, 15) is 9.00 Å². The second-order valence-corrected chi connectivity index (χ2v) is 6.26. The van der Waals surface area contributed by atoms with Crippen molar-refractivity contribution < 1.29 is 13.7 Å². The Bertz CT molecular complexity index is 513. The Morgan fingerprint density at radius 1 is 1.35 bits per heavy atom. The molecule has 0 aliphatic carbocycles. The largest absolute Gasteiger partial charge is 0.495 e. The molecule has 1 unspecified atom stereocenters. The minimum Gasteiger partial charge on any atom is -0.495 e.